The Balaban J connectivity index is 2.07. The van der Waals surface area contributed by atoms with E-state index < -0.39 is 0 Å². The molecule has 2 aromatic heterocycles. The van der Waals surface area contributed by atoms with Gasteiger partial charge in [0.25, 0.3) is 5.56 Å². The maximum absolute atomic E-state index is 13.2. The molecule has 0 saturated carbocycles. The molecule has 122 valence electrons. The topological polar surface area (TPSA) is 73.8 Å². The molecule has 0 fully saturated rings. The fourth-order valence-electron chi connectivity index (χ4n) is 2.74. The molecule has 0 saturated heterocycles. The molecule has 4 aromatic rings. The van der Waals surface area contributed by atoms with E-state index in [0.29, 0.717) is 27.8 Å². The summed E-state index contributed by atoms with van der Waals surface area (Å²) in [6.45, 7) is 0. The first-order chi connectivity index (χ1) is 12.1. The minimum Gasteiger partial charge on any atom is -0.399 e. The van der Waals surface area contributed by atoms with E-state index in [9.17, 15) is 9.18 Å². The minimum atomic E-state index is -0.377. The summed E-state index contributed by atoms with van der Waals surface area (Å²) in [5.41, 5.74) is 8.02. The molecule has 2 aromatic carbocycles. The molecule has 0 amide bonds. The number of rotatable bonds is 2. The number of hydrogen-bond acceptors (Lipinski definition) is 4. The van der Waals surface area contributed by atoms with Crippen LogP contribution in [0.2, 0.25) is 0 Å². The lowest BCUT2D eigenvalue weighted by Crippen LogP contribution is -2.22. The van der Waals surface area contributed by atoms with Crippen LogP contribution in [-0.2, 0) is 0 Å². The molecule has 2 heterocycles. The highest BCUT2D eigenvalue weighted by Gasteiger charge is 2.13. The first-order valence-corrected chi connectivity index (χ1v) is 7.62. The SMILES string of the molecule is Nc1cccc(-c2nn(-c3ccc(F)cc3)c(=O)c3ccncc23)c1. The maximum Gasteiger partial charge on any atom is 0.279 e. The summed E-state index contributed by atoms with van der Waals surface area (Å²) in [6.07, 6.45) is 3.17. The quantitative estimate of drug-likeness (QED) is 0.572. The van der Waals surface area contributed by atoms with Crippen molar-refractivity contribution in [2.24, 2.45) is 0 Å². The predicted octanol–water partition coefficient (Wildman–Crippen LogP) is 3.17. The molecule has 0 spiro atoms. The summed E-state index contributed by atoms with van der Waals surface area (Å²) in [4.78, 5) is 16.9. The Morgan fingerprint density at radius 1 is 1.00 bits per heavy atom. The molecule has 4 rings (SSSR count). The van der Waals surface area contributed by atoms with E-state index in [1.807, 2.05) is 12.1 Å². The van der Waals surface area contributed by atoms with Gasteiger partial charge in [-0.25, -0.2) is 4.39 Å². The molecular weight excluding hydrogens is 319 g/mol. The van der Waals surface area contributed by atoms with Crippen LogP contribution in [0.15, 0.2) is 71.8 Å². The van der Waals surface area contributed by atoms with Crippen molar-refractivity contribution in [3.63, 3.8) is 0 Å². The first-order valence-electron chi connectivity index (χ1n) is 7.62. The van der Waals surface area contributed by atoms with Gasteiger partial charge >= 0.3 is 0 Å². The van der Waals surface area contributed by atoms with Crippen LogP contribution < -0.4 is 11.3 Å². The Labute approximate surface area is 142 Å². The highest BCUT2D eigenvalue weighted by Crippen LogP contribution is 2.26. The van der Waals surface area contributed by atoms with Gasteiger partial charge in [0, 0.05) is 29.0 Å². The number of fused-ring (bicyclic) bond motifs is 1. The first kappa shape index (κ1) is 15.0. The maximum atomic E-state index is 13.2. The van der Waals surface area contributed by atoms with Crippen molar-refractivity contribution in [2.45, 2.75) is 0 Å². The fourth-order valence-corrected chi connectivity index (χ4v) is 2.74. The lowest BCUT2D eigenvalue weighted by Gasteiger charge is -2.11. The number of aromatic nitrogens is 3. The van der Waals surface area contributed by atoms with Gasteiger partial charge in [-0.15, -0.1) is 0 Å². The van der Waals surface area contributed by atoms with Crippen LogP contribution >= 0.6 is 0 Å². The van der Waals surface area contributed by atoms with Crippen LogP contribution in [0, 0.1) is 5.82 Å². The van der Waals surface area contributed by atoms with Gasteiger partial charge in [-0.1, -0.05) is 12.1 Å². The number of benzene rings is 2. The standard InChI is InChI=1S/C19H13FN4O/c20-13-4-6-15(7-5-13)24-19(25)16-8-9-22-11-17(16)18(23-24)12-2-1-3-14(21)10-12/h1-11H,21H2. The molecule has 0 aliphatic heterocycles. The zero-order valence-corrected chi connectivity index (χ0v) is 13.1. The van der Waals surface area contributed by atoms with Gasteiger partial charge in [-0.3, -0.25) is 9.78 Å². The van der Waals surface area contributed by atoms with Crippen LogP contribution in [0.1, 0.15) is 0 Å². The van der Waals surface area contributed by atoms with E-state index in [2.05, 4.69) is 10.1 Å². The highest BCUT2D eigenvalue weighted by atomic mass is 19.1. The molecule has 0 aliphatic rings. The van der Waals surface area contributed by atoms with Crippen molar-refractivity contribution < 1.29 is 4.39 Å². The molecule has 0 aliphatic carbocycles. The predicted molar refractivity (Wildman–Crippen MR) is 94.9 cm³/mol. The Bertz CT molecular complexity index is 1140. The van der Waals surface area contributed by atoms with Crippen molar-refractivity contribution in [1.29, 1.82) is 0 Å². The van der Waals surface area contributed by atoms with Gasteiger partial charge in [0.2, 0.25) is 0 Å². The third-order valence-electron chi connectivity index (χ3n) is 3.93. The summed E-state index contributed by atoms with van der Waals surface area (Å²) in [5, 5.41) is 5.61. The van der Waals surface area contributed by atoms with E-state index >= 15 is 0 Å². The monoisotopic (exact) mass is 332 g/mol. The third kappa shape index (κ3) is 2.63. The summed E-state index contributed by atoms with van der Waals surface area (Å²) < 4.78 is 14.5. The summed E-state index contributed by atoms with van der Waals surface area (Å²) in [5.74, 6) is -0.377. The highest BCUT2D eigenvalue weighted by molar-refractivity contribution is 5.93. The van der Waals surface area contributed by atoms with E-state index in [1.165, 1.54) is 28.9 Å². The van der Waals surface area contributed by atoms with Crippen molar-refractivity contribution in [3.8, 4) is 16.9 Å². The van der Waals surface area contributed by atoms with Gasteiger partial charge in [-0.2, -0.15) is 9.78 Å². The van der Waals surface area contributed by atoms with Crippen molar-refractivity contribution in [3.05, 3.63) is 83.2 Å². The summed E-state index contributed by atoms with van der Waals surface area (Å²) in [7, 11) is 0. The smallest absolute Gasteiger partial charge is 0.279 e. The van der Waals surface area contributed by atoms with Crippen LogP contribution in [0.4, 0.5) is 10.1 Å². The second kappa shape index (κ2) is 5.83. The Morgan fingerprint density at radius 2 is 1.80 bits per heavy atom. The number of anilines is 1. The van der Waals surface area contributed by atoms with Crippen LogP contribution in [0.25, 0.3) is 27.7 Å². The molecule has 0 unspecified atom stereocenters. The minimum absolute atomic E-state index is 0.295. The van der Waals surface area contributed by atoms with E-state index in [0.717, 1.165) is 5.56 Å². The molecule has 0 bridgehead atoms. The second-order valence-corrected chi connectivity index (χ2v) is 5.59. The number of nitrogen functional groups attached to an aromatic ring is 1. The van der Waals surface area contributed by atoms with Gasteiger partial charge < -0.3 is 5.73 Å². The van der Waals surface area contributed by atoms with Gasteiger partial charge in [-0.05, 0) is 42.5 Å². The Morgan fingerprint density at radius 3 is 2.56 bits per heavy atom. The van der Waals surface area contributed by atoms with Gasteiger partial charge in [0.05, 0.1) is 11.1 Å². The zero-order valence-electron chi connectivity index (χ0n) is 13.1. The Hall–Kier alpha value is -3.54. The number of hydrogen-bond donors (Lipinski definition) is 1. The fraction of sp³-hybridized carbons (Fsp3) is 0. The molecular formula is C19H13FN4O. The molecule has 0 radical (unpaired) electrons. The van der Waals surface area contributed by atoms with Crippen LogP contribution in [-0.4, -0.2) is 14.8 Å². The zero-order chi connectivity index (χ0) is 17.4. The van der Waals surface area contributed by atoms with E-state index in [4.69, 9.17) is 5.73 Å². The number of nitrogens with zero attached hydrogens (tertiary/aromatic N) is 3. The number of pyridine rings is 1. The lowest BCUT2D eigenvalue weighted by molar-refractivity contribution is 0.626. The van der Waals surface area contributed by atoms with E-state index in [1.54, 1.807) is 30.6 Å². The normalized spacial score (nSPS) is 10.9. The third-order valence-corrected chi connectivity index (χ3v) is 3.93. The number of nitrogens with two attached hydrogens (primary N) is 1. The van der Waals surface area contributed by atoms with Crippen LogP contribution in [0.3, 0.4) is 0 Å². The lowest BCUT2D eigenvalue weighted by atomic mass is 10.1. The average molecular weight is 332 g/mol. The molecule has 6 heteroatoms. The second-order valence-electron chi connectivity index (χ2n) is 5.59. The summed E-state index contributed by atoms with van der Waals surface area (Å²) >= 11 is 0. The molecule has 2 N–H and O–H groups in total. The average Bonchev–Trinajstić information content (AvgIpc) is 2.63. The van der Waals surface area contributed by atoms with E-state index in [-0.39, 0.29) is 11.4 Å². The van der Waals surface area contributed by atoms with Crippen molar-refractivity contribution in [1.82, 2.24) is 14.8 Å². The van der Waals surface area contributed by atoms with Crippen molar-refractivity contribution in [2.75, 3.05) is 5.73 Å². The molecule has 25 heavy (non-hydrogen) atoms. The Kier molecular flexibility index (Phi) is 3.50. The largest absolute Gasteiger partial charge is 0.399 e. The molecule has 5 nitrogen and oxygen atoms in total. The van der Waals surface area contributed by atoms with Gasteiger partial charge in [0.15, 0.2) is 0 Å². The van der Waals surface area contributed by atoms with Gasteiger partial charge in [0.1, 0.15) is 11.5 Å². The summed E-state index contributed by atoms with van der Waals surface area (Å²) in [6, 6.07) is 14.5. The van der Waals surface area contributed by atoms with Crippen molar-refractivity contribution >= 4 is 16.5 Å². The van der Waals surface area contributed by atoms with Crippen LogP contribution in [0.5, 0.6) is 0 Å². The number of halogens is 1. The molecule has 0 atom stereocenters.